The fourth-order valence-corrected chi connectivity index (χ4v) is 4.97. The number of hydrogen-bond donors (Lipinski definition) is 0. The van der Waals surface area contributed by atoms with Crippen LogP contribution < -0.4 is 0 Å². The summed E-state index contributed by atoms with van der Waals surface area (Å²) < 4.78 is 20.9. The smallest absolute Gasteiger partial charge is 0.134 e. The summed E-state index contributed by atoms with van der Waals surface area (Å²) in [7, 11) is 0. The number of fused-ring (bicyclic) bond motifs is 3. The molecule has 0 aliphatic heterocycles. The molecular formula is C38H29FIrN2O-2. The third-order valence-corrected chi connectivity index (χ3v) is 7.22. The van der Waals surface area contributed by atoms with Gasteiger partial charge in [0.25, 0.3) is 0 Å². The minimum absolute atomic E-state index is 0. The van der Waals surface area contributed by atoms with Gasteiger partial charge in [0.2, 0.25) is 0 Å². The van der Waals surface area contributed by atoms with Crippen LogP contribution in [0.5, 0.6) is 0 Å². The van der Waals surface area contributed by atoms with E-state index in [1.54, 1.807) is 6.07 Å². The van der Waals surface area contributed by atoms with Gasteiger partial charge in [0, 0.05) is 37.9 Å². The third kappa shape index (κ3) is 6.34. The Balaban J connectivity index is 0.000000197. The Bertz CT molecular complexity index is 1970. The summed E-state index contributed by atoms with van der Waals surface area (Å²) in [6.07, 6.45) is 3.69. The van der Waals surface area contributed by atoms with Gasteiger partial charge in [0.15, 0.2) is 0 Å². The summed E-state index contributed by atoms with van der Waals surface area (Å²) in [4.78, 5) is 8.86. The van der Waals surface area contributed by atoms with Crippen LogP contribution in [0, 0.1) is 24.9 Å². The van der Waals surface area contributed by atoms with Crippen LogP contribution in [0.15, 0.2) is 120 Å². The number of rotatable bonds is 4. The molecule has 0 amide bonds. The molecule has 0 fully saturated rings. The Morgan fingerprint density at radius 2 is 1.53 bits per heavy atom. The second kappa shape index (κ2) is 13.2. The van der Waals surface area contributed by atoms with Gasteiger partial charge in [0.05, 0.1) is 11.1 Å². The molecule has 0 bridgehead atoms. The Morgan fingerprint density at radius 1 is 0.744 bits per heavy atom. The van der Waals surface area contributed by atoms with Crippen molar-refractivity contribution in [2.75, 3.05) is 0 Å². The van der Waals surface area contributed by atoms with Crippen LogP contribution in [0.2, 0.25) is 0 Å². The number of furan rings is 1. The van der Waals surface area contributed by atoms with Gasteiger partial charge < -0.3 is 14.4 Å². The molecule has 43 heavy (non-hydrogen) atoms. The maximum absolute atomic E-state index is 14.7. The van der Waals surface area contributed by atoms with Crippen LogP contribution in [0.3, 0.4) is 0 Å². The Kier molecular flexibility index (Phi) is 9.25. The van der Waals surface area contributed by atoms with Crippen molar-refractivity contribution in [1.82, 2.24) is 9.97 Å². The van der Waals surface area contributed by atoms with E-state index in [0.717, 1.165) is 44.4 Å². The fourth-order valence-electron chi connectivity index (χ4n) is 4.97. The first kappa shape index (κ1) is 30.0. The van der Waals surface area contributed by atoms with E-state index in [9.17, 15) is 4.39 Å². The summed E-state index contributed by atoms with van der Waals surface area (Å²) in [5, 5.41) is 1.81. The van der Waals surface area contributed by atoms with Crippen molar-refractivity contribution < 1.29 is 28.9 Å². The average Bonchev–Trinajstić information content (AvgIpc) is 3.41. The second-order valence-corrected chi connectivity index (χ2v) is 10.5. The van der Waals surface area contributed by atoms with Gasteiger partial charge in [-0.2, -0.15) is 0 Å². The summed E-state index contributed by atoms with van der Waals surface area (Å²) in [6.45, 7) is 6.37. The SMILES string of the molecule is CC(C)c1ccnc(-c2[c-]cccc2)c1.Cc1ccc(-c2[c-]ccc3c2oc2c(-c4ccccc4)c(F)ccc23)nc1.[Ir]. The van der Waals surface area contributed by atoms with Crippen molar-refractivity contribution in [2.45, 2.75) is 26.7 Å². The largest absolute Gasteiger partial charge is 0.500 e. The van der Waals surface area contributed by atoms with Crippen molar-refractivity contribution in [2.24, 2.45) is 0 Å². The molecule has 0 spiro atoms. The molecule has 0 unspecified atom stereocenters. The number of pyridine rings is 2. The van der Waals surface area contributed by atoms with Gasteiger partial charge in [-0.25, -0.2) is 4.39 Å². The van der Waals surface area contributed by atoms with Gasteiger partial charge in [0.1, 0.15) is 11.4 Å². The second-order valence-electron chi connectivity index (χ2n) is 10.5. The van der Waals surface area contributed by atoms with E-state index in [2.05, 4.69) is 48.1 Å². The fraction of sp³-hybridized carbons (Fsp3) is 0.105. The molecule has 215 valence electrons. The van der Waals surface area contributed by atoms with Crippen LogP contribution in [0.1, 0.15) is 30.9 Å². The zero-order valence-electron chi connectivity index (χ0n) is 24.1. The Labute approximate surface area is 264 Å². The van der Waals surface area contributed by atoms with Gasteiger partial charge in [-0.1, -0.05) is 78.9 Å². The van der Waals surface area contributed by atoms with Gasteiger partial charge in [-0.05, 0) is 53.6 Å². The molecule has 7 rings (SSSR count). The molecular weight excluding hydrogens is 712 g/mol. The van der Waals surface area contributed by atoms with E-state index in [1.165, 1.54) is 11.6 Å². The molecule has 4 aromatic carbocycles. The maximum Gasteiger partial charge on any atom is 0.134 e. The van der Waals surface area contributed by atoms with E-state index in [4.69, 9.17) is 4.42 Å². The minimum Gasteiger partial charge on any atom is -0.500 e. The molecule has 3 aromatic heterocycles. The Hall–Kier alpha value is -4.44. The van der Waals surface area contributed by atoms with E-state index in [0.29, 0.717) is 22.6 Å². The zero-order valence-corrected chi connectivity index (χ0v) is 26.5. The molecule has 3 nitrogen and oxygen atoms in total. The predicted octanol–water partition coefficient (Wildman–Crippen LogP) is 10.2. The molecule has 1 radical (unpaired) electrons. The number of nitrogens with zero attached hydrogens (tertiary/aromatic N) is 2. The van der Waals surface area contributed by atoms with Crippen LogP contribution in [-0.2, 0) is 20.1 Å². The average molecular weight is 741 g/mol. The molecule has 3 heterocycles. The number of benzene rings is 4. The molecule has 0 aliphatic rings. The Morgan fingerprint density at radius 3 is 2.26 bits per heavy atom. The van der Waals surface area contributed by atoms with Crippen molar-refractivity contribution in [3.8, 4) is 33.6 Å². The summed E-state index contributed by atoms with van der Waals surface area (Å²) >= 11 is 0. The van der Waals surface area contributed by atoms with Crippen molar-refractivity contribution in [3.05, 3.63) is 145 Å². The van der Waals surface area contributed by atoms with Gasteiger partial charge in [-0.3, -0.25) is 0 Å². The van der Waals surface area contributed by atoms with Crippen molar-refractivity contribution in [1.29, 1.82) is 0 Å². The molecule has 0 aliphatic carbocycles. The molecule has 0 saturated heterocycles. The van der Waals surface area contributed by atoms with Crippen LogP contribution >= 0.6 is 0 Å². The van der Waals surface area contributed by atoms with E-state index in [-0.39, 0.29) is 25.9 Å². The monoisotopic (exact) mass is 741 g/mol. The standard InChI is InChI=1S/C24H15FNO.C14H14N.Ir/c1-15-10-13-21(26-14-15)19-9-5-8-17-18-11-12-20(25)22(24(18)27-23(17)19)16-6-3-2-4-7-16;1-11(2)13-8-9-15-14(10-13)12-6-4-3-5-7-12;/h2-8,10-14H,1H3;3-6,8-11H,1-2H3;/q2*-1;. The molecule has 0 atom stereocenters. The number of aromatic nitrogens is 2. The first-order valence-electron chi connectivity index (χ1n) is 14.0. The molecule has 0 N–H and O–H groups in total. The summed E-state index contributed by atoms with van der Waals surface area (Å²) in [5.74, 6) is 0.238. The third-order valence-electron chi connectivity index (χ3n) is 7.22. The molecule has 7 aromatic rings. The van der Waals surface area contributed by atoms with Gasteiger partial charge in [-0.15, -0.1) is 54.1 Å². The van der Waals surface area contributed by atoms with E-state index >= 15 is 0 Å². The number of aryl methyl sites for hydroxylation is 1. The van der Waals surface area contributed by atoms with Crippen molar-refractivity contribution in [3.63, 3.8) is 0 Å². The quantitative estimate of drug-likeness (QED) is 0.169. The van der Waals surface area contributed by atoms with E-state index in [1.807, 2.05) is 98.2 Å². The summed E-state index contributed by atoms with van der Waals surface area (Å²) in [5.41, 5.74) is 8.51. The van der Waals surface area contributed by atoms with Crippen LogP contribution in [0.4, 0.5) is 4.39 Å². The van der Waals surface area contributed by atoms with Crippen LogP contribution in [0.25, 0.3) is 55.6 Å². The predicted molar refractivity (Wildman–Crippen MR) is 169 cm³/mol. The first-order valence-corrected chi connectivity index (χ1v) is 14.0. The summed E-state index contributed by atoms with van der Waals surface area (Å²) in [6, 6.07) is 39.1. The molecule has 5 heteroatoms. The van der Waals surface area contributed by atoms with Crippen LogP contribution in [-0.4, -0.2) is 9.97 Å². The first-order chi connectivity index (χ1) is 20.5. The van der Waals surface area contributed by atoms with E-state index < -0.39 is 0 Å². The number of halogens is 1. The number of hydrogen-bond acceptors (Lipinski definition) is 3. The minimum atomic E-state index is -0.299. The zero-order chi connectivity index (χ0) is 29.1. The van der Waals surface area contributed by atoms with Gasteiger partial charge >= 0.3 is 0 Å². The maximum atomic E-state index is 14.7. The molecule has 0 saturated carbocycles. The topological polar surface area (TPSA) is 38.9 Å². The normalized spacial score (nSPS) is 10.8. The van der Waals surface area contributed by atoms with Crippen molar-refractivity contribution >= 4 is 21.9 Å².